The quantitative estimate of drug-likeness (QED) is 0.221. The molecule has 47 heavy (non-hydrogen) atoms. The molecule has 4 saturated heterocycles. The first-order valence-corrected chi connectivity index (χ1v) is 19.6. The minimum atomic E-state index is -0.773. The maximum atomic E-state index is 12.0. The Morgan fingerprint density at radius 1 is 0.894 bits per heavy atom. The summed E-state index contributed by atoms with van der Waals surface area (Å²) in [7, 11) is 0. The van der Waals surface area contributed by atoms with E-state index in [-0.39, 0.29) is 47.6 Å². The van der Waals surface area contributed by atoms with Crippen LogP contribution in [0.3, 0.4) is 0 Å². The minimum absolute atomic E-state index is 0.102. The van der Waals surface area contributed by atoms with Crippen molar-refractivity contribution in [1.29, 1.82) is 0 Å². The molecule has 2 N–H and O–H groups in total. The summed E-state index contributed by atoms with van der Waals surface area (Å²) in [6.45, 7) is 13.8. The number of aliphatic carboxylic acids is 1. The molecule has 9 aliphatic rings. The van der Waals surface area contributed by atoms with E-state index in [9.17, 15) is 15.0 Å². The first kappa shape index (κ1) is 33.4. The molecule has 0 aromatic rings. The topological polar surface area (TPSA) is 104 Å². The first-order chi connectivity index (χ1) is 22.3. The first-order valence-electron chi connectivity index (χ1n) is 19.6. The molecule has 4 aliphatic heterocycles. The Labute approximate surface area is 282 Å². The predicted molar refractivity (Wildman–Crippen MR) is 174 cm³/mol. The van der Waals surface area contributed by atoms with Gasteiger partial charge in [-0.05, 0) is 142 Å². The summed E-state index contributed by atoms with van der Waals surface area (Å²) in [5.74, 6) is 2.97. The van der Waals surface area contributed by atoms with E-state index in [4.69, 9.17) is 24.0 Å². The Morgan fingerprint density at radius 3 is 2.47 bits per heavy atom. The number of aliphatic hydroxyl groups excluding tert-OH is 1. The number of rotatable bonds is 6. The standard InChI is InChI=1S/C39H62O8/c1-21(8-14-33(41)42)27-12-13-30-26-10-9-24-19-25(15-17-36(24,4)31(26)20-32(40)38(27,30)6)43-34-23(3)29-11-7-22(2)28-16-18-37(5)45-35(44-34)39(28,29)47-46-37/h21-32,34-35,40H,7-20H2,1-6H3,(H,41,42)/t21-,22-,23-,24-,25-,26+,27-,28+,29+,30+,31+,32+,34+,35-,36+,37+,38-,39-/m1/s1. The van der Waals surface area contributed by atoms with Gasteiger partial charge in [-0.25, -0.2) is 9.78 Å². The van der Waals surface area contributed by atoms with Crippen molar-refractivity contribution in [2.75, 3.05) is 0 Å². The third-order valence-corrected chi connectivity index (χ3v) is 16.7. The summed E-state index contributed by atoms with van der Waals surface area (Å²) < 4.78 is 20.4. The molecular weight excluding hydrogens is 596 g/mol. The zero-order valence-electron chi connectivity index (χ0n) is 29.8. The molecule has 0 amide bonds. The molecule has 1 spiro atoms. The van der Waals surface area contributed by atoms with E-state index in [1.807, 2.05) is 6.92 Å². The van der Waals surface area contributed by atoms with Crippen molar-refractivity contribution in [1.82, 2.24) is 0 Å². The smallest absolute Gasteiger partial charge is 0.303 e. The molecule has 266 valence electrons. The molecule has 2 bridgehead atoms. The maximum absolute atomic E-state index is 12.0. The van der Waals surface area contributed by atoms with Crippen LogP contribution in [0.2, 0.25) is 0 Å². The van der Waals surface area contributed by atoms with Crippen LogP contribution in [-0.4, -0.2) is 52.4 Å². The second-order valence-corrected chi connectivity index (χ2v) is 18.7. The fourth-order valence-corrected chi connectivity index (χ4v) is 14.0. The molecule has 0 aromatic carbocycles. The average Bonchev–Trinajstić information content (AvgIpc) is 3.24. The van der Waals surface area contributed by atoms with Crippen molar-refractivity contribution in [2.24, 2.45) is 70.0 Å². The third-order valence-electron chi connectivity index (χ3n) is 16.7. The Morgan fingerprint density at radius 2 is 1.68 bits per heavy atom. The summed E-state index contributed by atoms with van der Waals surface area (Å²) in [4.78, 5) is 23.7. The van der Waals surface area contributed by atoms with Crippen molar-refractivity contribution in [2.45, 2.75) is 168 Å². The Hall–Kier alpha value is -0.770. The van der Waals surface area contributed by atoms with Crippen LogP contribution >= 0.6 is 0 Å². The van der Waals surface area contributed by atoms with Crippen LogP contribution in [0.4, 0.5) is 0 Å². The van der Waals surface area contributed by atoms with Gasteiger partial charge >= 0.3 is 5.97 Å². The number of carboxylic acids is 1. The highest BCUT2D eigenvalue weighted by atomic mass is 17.3. The third kappa shape index (κ3) is 4.91. The fourth-order valence-electron chi connectivity index (χ4n) is 14.0. The van der Waals surface area contributed by atoms with Gasteiger partial charge < -0.3 is 24.4 Å². The van der Waals surface area contributed by atoms with E-state index in [0.717, 1.165) is 51.4 Å². The molecule has 9 rings (SSSR count). The number of aliphatic hydroxyl groups is 1. The second kappa shape index (κ2) is 11.6. The lowest BCUT2D eigenvalue weighted by Gasteiger charge is -2.63. The van der Waals surface area contributed by atoms with E-state index in [1.165, 1.54) is 25.7 Å². The number of carboxylic acid groups (broad SMARTS) is 1. The van der Waals surface area contributed by atoms with E-state index < -0.39 is 23.6 Å². The summed E-state index contributed by atoms with van der Waals surface area (Å²) in [6, 6.07) is 0. The predicted octanol–water partition coefficient (Wildman–Crippen LogP) is 7.71. The fraction of sp³-hybridized carbons (Fsp3) is 0.974. The summed E-state index contributed by atoms with van der Waals surface area (Å²) >= 11 is 0. The van der Waals surface area contributed by atoms with Gasteiger partial charge in [-0.15, -0.1) is 0 Å². The van der Waals surface area contributed by atoms with Gasteiger partial charge in [-0.2, -0.15) is 0 Å². The summed E-state index contributed by atoms with van der Waals surface area (Å²) in [6.07, 6.45) is 13.1. The molecule has 18 atom stereocenters. The van der Waals surface area contributed by atoms with E-state index in [0.29, 0.717) is 53.8 Å². The highest BCUT2D eigenvalue weighted by Crippen LogP contribution is 2.69. The van der Waals surface area contributed by atoms with Crippen molar-refractivity contribution in [3.05, 3.63) is 0 Å². The van der Waals surface area contributed by atoms with E-state index in [2.05, 4.69) is 34.6 Å². The Balaban J connectivity index is 0.956. The lowest BCUT2D eigenvalue weighted by molar-refractivity contribution is -0.578. The van der Waals surface area contributed by atoms with E-state index >= 15 is 0 Å². The largest absolute Gasteiger partial charge is 0.481 e. The minimum Gasteiger partial charge on any atom is -0.481 e. The second-order valence-electron chi connectivity index (χ2n) is 18.7. The normalized spacial score (nSPS) is 57.2. The molecule has 4 heterocycles. The number of ether oxygens (including phenoxy) is 3. The lowest BCUT2D eigenvalue weighted by Crippen LogP contribution is -2.70. The van der Waals surface area contributed by atoms with Crippen LogP contribution in [0.15, 0.2) is 0 Å². The number of fused-ring (bicyclic) bond motifs is 7. The van der Waals surface area contributed by atoms with Crippen LogP contribution < -0.4 is 0 Å². The summed E-state index contributed by atoms with van der Waals surface area (Å²) in [5, 5.41) is 21.3. The van der Waals surface area contributed by atoms with Crippen LogP contribution in [0, 0.1) is 70.0 Å². The molecule has 5 saturated carbocycles. The lowest BCUT2D eigenvalue weighted by atomic mass is 9.43. The number of hydrogen-bond donors (Lipinski definition) is 2. The molecule has 9 fully saturated rings. The molecular formula is C39H62O8. The summed E-state index contributed by atoms with van der Waals surface area (Å²) in [5.41, 5.74) is -0.437. The van der Waals surface area contributed by atoms with Gasteiger partial charge in [-0.3, -0.25) is 4.79 Å². The highest BCUT2D eigenvalue weighted by Gasteiger charge is 2.70. The molecule has 8 heteroatoms. The highest BCUT2D eigenvalue weighted by molar-refractivity contribution is 5.66. The maximum Gasteiger partial charge on any atom is 0.303 e. The van der Waals surface area contributed by atoms with Gasteiger partial charge in [-0.1, -0.05) is 34.6 Å². The molecule has 0 unspecified atom stereocenters. The van der Waals surface area contributed by atoms with Crippen LogP contribution in [0.5, 0.6) is 0 Å². The van der Waals surface area contributed by atoms with Gasteiger partial charge in [0.05, 0.1) is 12.2 Å². The Bertz CT molecular complexity index is 1210. The van der Waals surface area contributed by atoms with E-state index in [1.54, 1.807) is 0 Å². The van der Waals surface area contributed by atoms with Crippen LogP contribution in [0.1, 0.15) is 131 Å². The number of carbonyl (C=O) groups is 1. The van der Waals surface area contributed by atoms with Crippen molar-refractivity contribution < 1.29 is 39.0 Å². The monoisotopic (exact) mass is 658 g/mol. The Kier molecular flexibility index (Phi) is 8.26. The van der Waals surface area contributed by atoms with Gasteiger partial charge in [0.15, 0.2) is 18.2 Å². The molecule has 0 aromatic heterocycles. The van der Waals surface area contributed by atoms with Gasteiger partial charge in [0.2, 0.25) is 5.79 Å². The van der Waals surface area contributed by atoms with Crippen molar-refractivity contribution in [3.8, 4) is 0 Å². The number of hydrogen-bond acceptors (Lipinski definition) is 7. The molecule has 0 radical (unpaired) electrons. The van der Waals surface area contributed by atoms with Crippen LogP contribution in [-0.2, 0) is 28.8 Å². The van der Waals surface area contributed by atoms with Gasteiger partial charge in [0.1, 0.15) is 0 Å². The van der Waals surface area contributed by atoms with Gasteiger partial charge in [0.25, 0.3) is 0 Å². The molecule has 5 aliphatic carbocycles. The van der Waals surface area contributed by atoms with Crippen molar-refractivity contribution in [3.63, 3.8) is 0 Å². The average molecular weight is 659 g/mol. The van der Waals surface area contributed by atoms with Crippen molar-refractivity contribution >= 4 is 5.97 Å². The van der Waals surface area contributed by atoms with Crippen LogP contribution in [0.25, 0.3) is 0 Å². The zero-order valence-corrected chi connectivity index (χ0v) is 29.8. The van der Waals surface area contributed by atoms with Gasteiger partial charge in [0, 0.05) is 24.7 Å². The zero-order chi connectivity index (χ0) is 33.1. The molecule has 8 nitrogen and oxygen atoms in total. The SMILES string of the molecule is C[C@H]1[C@@H](O[C@@H]2CC[C@@]3(C)[C@H](CC[C@@H]4[C@@H]3C[C@H](O)[C@]3(C)[C@@H]([C@H](C)CCC(=O)O)CC[C@@H]43)C2)O[C@@H]2O[C@]3(C)CC[C@H]4[C@H](C)CC[C@@H]1[C@@]24OO3.